The molecule has 0 spiro atoms. The molecule has 3 nitrogen and oxygen atoms in total. The quantitative estimate of drug-likeness (QED) is 0.200. The van der Waals surface area contributed by atoms with Crippen LogP contribution in [0.4, 0.5) is 5.69 Å². The van der Waals surface area contributed by atoms with E-state index in [1.54, 1.807) is 0 Å². The number of nitrogens with zero attached hydrogens (tertiary/aromatic N) is 2. The van der Waals surface area contributed by atoms with E-state index < -0.39 is 0 Å². The minimum Gasteiger partial charge on any atom is -0.388 e. The van der Waals surface area contributed by atoms with E-state index in [1.807, 2.05) is 13.1 Å². The first-order chi connectivity index (χ1) is 20.8. The van der Waals surface area contributed by atoms with Crippen LogP contribution in [-0.2, 0) is 6.54 Å². The first-order valence-electron chi connectivity index (χ1n) is 14.3. The van der Waals surface area contributed by atoms with Gasteiger partial charge in [-0.2, -0.15) is 0 Å². The number of hydrogen-bond donors (Lipinski definition) is 1. The molecule has 0 saturated heterocycles. The minimum absolute atomic E-state index is 0.585. The van der Waals surface area contributed by atoms with Gasteiger partial charge in [-0.25, -0.2) is 0 Å². The molecule has 202 valence electrons. The van der Waals surface area contributed by atoms with Crippen LogP contribution in [0.1, 0.15) is 16.7 Å². The third kappa shape index (κ3) is 4.76. The number of benzene rings is 6. The maximum Gasteiger partial charge on any atom is 0.0743 e. The Balaban J connectivity index is 1.24. The second kappa shape index (κ2) is 11.2. The number of aromatic nitrogens is 1. The lowest BCUT2D eigenvalue weighted by atomic mass is 9.97. The predicted octanol–water partition coefficient (Wildman–Crippen LogP) is 9.53. The molecule has 0 aliphatic carbocycles. The van der Waals surface area contributed by atoms with Gasteiger partial charge in [-0.15, -0.1) is 0 Å². The Bertz CT molecular complexity index is 1960. The van der Waals surface area contributed by atoms with Gasteiger partial charge in [0, 0.05) is 40.3 Å². The maximum absolute atomic E-state index is 5.21. The fourth-order valence-electron chi connectivity index (χ4n) is 5.81. The Kier molecular flexibility index (Phi) is 6.83. The Hall–Kier alpha value is -5.41. The van der Waals surface area contributed by atoms with Gasteiger partial charge < -0.3 is 9.88 Å². The molecule has 7 aromatic rings. The molecule has 0 aliphatic heterocycles. The lowest BCUT2D eigenvalue weighted by Gasteiger charge is -2.14. The zero-order valence-electron chi connectivity index (χ0n) is 23.5. The summed E-state index contributed by atoms with van der Waals surface area (Å²) in [6.07, 6.45) is 0. The molecule has 0 aliphatic rings. The van der Waals surface area contributed by atoms with E-state index in [0.29, 0.717) is 6.54 Å². The van der Waals surface area contributed by atoms with Crippen LogP contribution >= 0.6 is 0 Å². The van der Waals surface area contributed by atoms with Gasteiger partial charge in [0.05, 0.1) is 23.3 Å². The lowest BCUT2D eigenvalue weighted by molar-refractivity contribution is 1.06. The molecule has 0 fully saturated rings. The van der Waals surface area contributed by atoms with Crippen LogP contribution in [0.5, 0.6) is 0 Å². The van der Waals surface area contributed by atoms with E-state index in [4.69, 9.17) is 4.99 Å². The molecule has 0 atom stereocenters. The molecule has 0 saturated carbocycles. The Labute approximate surface area is 246 Å². The normalized spacial score (nSPS) is 11.7. The summed E-state index contributed by atoms with van der Waals surface area (Å²) in [6.45, 7) is 0.585. The molecule has 1 heterocycles. The van der Waals surface area contributed by atoms with Gasteiger partial charge in [0.1, 0.15) is 0 Å². The fraction of sp³-hybridized carbons (Fsp3) is 0.0513. The molecule has 42 heavy (non-hydrogen) atoms. The van der Waals surface area contributed by atoms with Gasteiger partial charge in [0.25, 0.3) is 0 Å². The molecule has 1 aromatic heterocycles. The summed E-state index contributed by atoms with van der Waals surface area (Å²) in [5, 5.41) is 5.89. The molecule has 6 aromatic carbocycles. The summed E-state index contributed by atoms with van der Waals surface area (Å²) in [5.41, 5.74) is 11.4. The first-order valence-corrected chi connectivity index (χ1v) is 14.3. The summed E-state index contributed by atoms with van der Waals surface area (Å²) in [7, 11) is 1.96. The SMILES string of the molecule is CNc1ccccc1C(=NCc1ccc(-n2c3ccccc3c3ccccc32)cc1)c1ccc(-c2ccccc2)cc1. The molecule has 3 heteroatoms. The first kappa shape index (κ1) is 25.6. The van der Waals surface area contributed by atoms with Crippen molar-refractivity contribution in [2.24, 2.45) is 4.99 Å². The monoisotopic (exact) mass is 541 g/mol. The van der Waals surface area contributed by atoms with Crippen molar-refractivity contribution in [3.05, 3.63) is 168 Å². The topological polar surface area (TPSA) is 29.3 Å². The second-order valence-electron chi connectivity index (χ2n) is 10.4. The van der Waals surface area contributed by atoms with Crippen molar-refractivity contribution in [3.63, 3.8) is 0 Å². The van der Waals surface area contributed by atoms with Crippen LogP contribution in [0, 0.1) is 0 Å². The molecular weight excluding hydrogens is 510 g/mol. The molecular formula is C39H31N3. The van der Waals surface area contributed by atoms with Crippen LogP contribution in [0.3, 0.4) is 0 Å². The zero-order chi connectivity index (χ0) is 28.3. The van der Waals surface area contributed by atoms with Gasteiger partial charge in [0.2, 0.25) is 0 Å². The van der Waals surface area contributed by atoms with E-state index >= 15 is 0 Å². The zero-order valence-corrected chi connectivity index (χ0v) is 23.5. The number of fused-ring (bicyclic) bond motifs is 3. The van der Waals surface area contributed by atoms with Crippen molar-refractivity contribution >= 4 is 33.2 Å². The van der Waals surface area contributed by atoms with Gasteiger partial charge in [-0.1, -0.05) is 121 Å². The van der Waals surface area contributed by atoms with Gasteiger partial charge in [-0.3, -0.25) is 4.99 Å². The number of anilines is 1. The van der Waals surface area contributed by atoms with Crippen molar-refractivity contribution in [2.75, 3.05) is 12.4 Å². The van der Waals surface area contributed by atoms with Crippen LogP contribution in [-0.4, -0.2) is 17.3 Å². The number of para-hydroxylation sites is 3. The lowest BCUT2D eigenvalue weighted by Crippen LogP contribution is -2.08. The second-order valence-corrected chi connectivity index (χ2v) is 10.4. The molecule has 0 amide bonds. The van der Waals surface area contributed by atoms with Gasteiger partial charge >= 0.3 is 0 Å². The Morgan fingerprint density at radius 2 is 1.14 bits per heavy atom. The molecule has 0 radical (unpaired) electrons. The largest absolute Gasteiger partial charge is 0.388 e. The Morgan fingerprint density at radius 1 is 0.571 bits per heavy atom. The Morgan fingerprint density at radius 3 is 1.81 bits per heavy atom. The van der Waals surface area contributed by atoms with E-state index in [0.717, 1.165) is 28.2 Å². The summed E-state index contributed by atoms with van der Waals surface area (Å²) >= 11 is 0. The van der Waals surface area contributed by atoms with Crippen molar-refractivity contribution in [1.82, 2.24) is 4.57 Å². The smallest absolute Gasteiger partial charge is 0.0743 e. The molecule has 1 N–H and O–H groups in total. The van der Waals surface area contributed by atoms with Crippen molar-refractivity contribution in [1.29, 1.82) is 0 Å². The number of nitrogens with one attached hydrogen (secondary N) is 1. The summed E-state index contributed by atoms with van der Waals surface area (Å²) in [6, 6.07) is 53.6. The van der Waals surface area contributed by atoms with Crippen LogP contribution in [0.25, 0.3) is 38.6 Å². The van der Waals surface area contributed by atoms with E-state index in [9.17, 15) is 0 Å². The third-order valence-electron chi connectivity index (χ3n) is 7.91. The van der Waals surface area contributed by atoms with Crippen LogP contribution in [0.15, 0.2) is 157 Å². The number of hydrogen-bond acceptors (Lipinski definition) is 2. The summed E-state index contributed by atoms with van der Waals surface area (Å²) in [4.78, 5) is 5.21. The van der Waals surface area contributed by atoms with Crippen molar-refractivity contribution in [2.45, 2.75) is 6.54 Å². The average Bonchev–Trinajstić information content (AvgIpc) is 3.40. The average molecular weight is 542 g/mol. The highest BCUT2D eigenvalue weighted by Gasteiger charge is 2.13. The minimum atomic E-state index is 0.585. The van der Waals surface area contributed by atoms with E-state index in [1.165, 1.54) is 38.5 Å². The summed E-state index contributed by atoms with van der Waals surface area (Å²) < 4.78 is 2.35. The van der Waals surface area contributed by atoms with Crippen molar-refractivity contribution < 1.29 is 0 Å². The van der Waals surface area contributed by atoms with Crippen LogP contribution < -0.4 is 5.32 Å². The summed E-state index contributed by atoms with van der Waals surface area (Å²) in [5.74, 6) is 0. The molecule has 0 bridgehead atoms. The fourth-order valence-corrected chi connectivity index (χ4v) is 5.81. The highest BCUT2D eigenvalue weighted by Crippen LogP contribution is 2.32. The standard InChI is InChI=1S/C39H31N3/c1-40-36-16-8-5-15-35(36)39(31-23-21-30(22-24-31)29-11-3-2-4-12-29)41-27-28-19-25-32(26-20-28)42-37-17-9-6-13-33(37)34-14-7-10-18-38(34)42/h2-26,40H,27H2,1H3. The van der Waals surface area contributed by atoms with Gasteiger partial charge in [-0.05, 0) is 47.0 Å². The number of aliphatic imine (C=N–C) groups is 1. The van der Waals surface area contributed by atoms with Gasteiger partial charge in [0.15, 0.2) is 0 Å². The predicted molar refractivity (Wildman–Crippen MR) is 178 cm³/mol. The van der Waals surface area contributed by atoms with E-state index in [2.05, 4.69) is 155 Å². The highest BCUT2D eigenvalue weighted by atomic mass is 15.0. The molecule has 7 rings (SSSR count). The maximum atomic E-state index is 5.21. The van der Waals surface area contributed by atoms with Crippen LogP contribution in [0.2, 0.25) is 0 Å². The number of rotatable bonds is 7. The van der Waals surface area contributed by atoms with Crippen molar-refractivity contribution in [3.8, 4) is 16.8 Å². The molecule has 0 unspecified atom stereocenters. The van der Waals surface area contributed by atoms with E-state index in [-0.39, 0.29) is 0 Å². The highest BCUT2D eigenvalue weighted by molar-refractivity contribution is 6.16. The third-order valence-corrected chi connectivity index (χ3v) is 7.91.